The molecule has 18 heavy (non-hydrogen) atoms. The van der Waals surface area contributed by atoms with Crippen LogP contribution in [0.15, 0.2) is 24.3 Å². The lowest BCUT2D eigenvalue weighted by Crippen LogP contribution is -2.57. The first kappa shape index (κ1) is 12.3. The van der Waals surface area contributed by atoms with Gasteiger partial charge in [0.15, 0.2) is 0 Å². The molecule has 2 rings (SSSR count). The quantitative estimate of drug-likeness (QED) is 0.818. The largest absolute Gasteiger partial charge is 0.369 e. The van der Waals surface area contributed by atoms with Crippen molar-refractivity contribution in [3.05, 3.63) is 35.6 Å². The van der Waals surface area contributed by atoms with Gasteiger partial charge in [-0.2, -0.15) is 0 Å². The predicted molar refractivity (Wildman–Crippen MR) is 62.9 cm³/mol. The van der Waals surface area contributed by atoms with Crippen LogP contribution in [0, 0.1) is 11.7 Å². The van der Waals surface area contributed by atoms with Crippen molar-refractivity contribution < 1.29 is 14.0 Å². The summed E-state index contributed by atoms with van der Waals surface area (Å²) in [5.74, 6) is -1.01. The molecule has 1 aromatic carbocycles. The van der Waals surface area contributed by atoms with Gasteiger partial charge in [0.05, 0.1) is 5.92 Å². The summed E-state index contributed by atoms with van der Waals surface area (Å²) in [7, 11) is 0. The van der Waals surface area contributed by atoms with E-state index in [1.54, 1.807) is 18.2 Å². The molecule has 1 fully saturated rings. The maximum absolute atomic E-state index is 13.3. The molecule has 1 heterocycles. The van der Waals surface area contributed by atoms with Crippen LogP contribution in [-0.2, 0) is 11.3 Å². The van der Waals surface area contributed by atoms with Gasteiger partial charge in [-0.3, -0.25) is 4.79 Å². The van der Waals surface area contributed by atoms with E-state index in [0.717, 1.165) is 0 Å². The summed E-state index contributed by atoms with van der Waals surface area (Å²) in [6.45, 7) is 0.792. The third kappa shape index (κ3) is 2.58. The average molecular weight is 251 g/mol. The molecule has 6 heteroatoms. The summed E-state index contributed by atoms with van der Waals surface area (Å²) in [6.07, 6.45) is 0. The maximum atomic E-state index is 13.3. The number of urea groups is 1. The van der Waals surface area contributed by atoms with E-state index in [0.29, 0.717) is 18.7 Å². The number of rotatable bonds is 3. The molecule has 1 saturated heterocycles. The zero-order chi connectivity index (χ0) is 13.1. The molecule has 0 aliphatic carbocycles. The van der Waals surface area contributed by atoms with Crippen molar-refractivity contribution in [2.75, 3.05) is 13.1 Å². The first-order valence-electron chi connectivity index (χ1n) is 5.63. The van der Waals surface area contributed by atoms with Crippen LogP contribution in [0.5, 0.6) is 0 Å². The van der Waals surface area contributed by atoms with E-state index in [9.17, 15) is 14.0 Å². The normalized spacial score (nSPS) is 15.1. The van der Waals surface area contributed by atoms with E-state index in [-0.39, 0.29) is 24.3 Å². The highest BCUT2D eigenvalue weighted by molar-refractivity contribution is 5.82. The molecule has 0 radical (unpaired) electrons. The smallest absolute Gasteiger partial charge is 0.317 e. The second-order valence-electron chi connectivity index (χ2n) is 4.25. The van der Waals surface area contributed by atoms with Gasteiger partial charge >= 0.3 is 6.03 Å². The van der Waals surface area contributed by atoms with Gasteiger partial charge in [-0.1, -0.05) is 18.2 Å². The highest BCUT2D eigenvalue weighted by Crippen LogP contribution is 2.15. The van der Waals surface area contributed by atoms with E-state index in [2.05, 4.69) is 5.32 Å². The Balaban J connectivity index is 1.80. The Morgan fingerprint density at radius 2 is 2.06 bits per heavy atom. The predicted octanol–water partition coefficient (Wildman–Crippen LogP) is 0.452. The molecule has 0 unspecified atom stereocenters. The Morgan fingerprint density at radius 1 is 1.39 bits per heavy atom. The van der Waals surface area contributed by atoms with Gasteiger partial charge in [0.2, 0.25) is 5.91 Å². The molecule has 0 aromatic heterocycles. The third-order valence-corrected chi connectivity index (χ3v) is 2.96. The van der Waals surface area contributed by atoms with Crippen molar-refractivity contribution in [2.24, 2.45) is 11.7 Å². The molecular weight excluding hydrogens is 237 g/mol. The monoisotopic (exact) mass is 251 g/mol. The second-order valence-corrected chi connectivity index (χ2v) is 4.25. The number of benzene rings is 1. The lowest BCUT2D eigenvalue weighted by atomic mass is 10.0. The number of likely N-dealkylation sites (tertiary alicyclic amines) is 1. The molecule has 5 nitrogen and oxygen atoms in total. The lowest BCUT2D eigenvalue weighted by molar-refractivity contribution is -0.125. The summed E-state index contributed by atoms with van der Waals surface area (Å²) in [6, 6.07) is 5.94. The number of amides is 3. The molecule has 1 aliphatic rings. The number of carbonyl (C=O) groups excluding carboxylic acids is 2. The van der Waals surface area contributed by atoms with E-state index < -0.39 is 5.91 Å². The topological polar surface area (TPSA) is 75.4 Å². The molecule has 0 spiro atoms. The zero-order valence-corrected chi connectivity index (χ0v) is 9.73. The number of halogens is 1. The Morgan fingerprint density at radius 3 is 2.67 bits per heavy atom. The number of nitrogens with two attached hydrogens (primary N) is 1. The van der Waals surface area contributed by atoms with Crippen molar-refractivity contribution in [3.8, 4) is 0 Å². The van der Waals surface area contributed by atoms with Crippen LogP contribution in [0.4, 0.5) is 9.18 Å². The molecular formula is C12H14FN3O2. The van der Waals surface area contributed by atoms with Crippen molar-refractivity contribution in [3.63, 3.8) is 0 Å². The van der Waals surface area contributed by atoms with Gasteiger partial charge in [0, 0.05) is 25.2 Å². The summed E-state index contributed by atoms with van der Waals surface area (Å²) in [4.78, 5) is 23.9. The van der Waals surface area contributed by atoms with Gasteiger partial charge in [-0.15, -0.1) is 0 Å². The fourth-order valence-electron chi connectivity index (χ4n) is 1.75. The highest BCUT2D eigenvalue weighted by atomic mass is 19.1. The SMILES string of the molecule is NC(=O)C1CN(C(=O)NCc2ccccc2F)C1. The molecule has 3 N–H and O–H groups in total. The summed E-state index contributed by atoms with van der Waals surface area (Å²) in [5.41, 5.74) is 5.53. The second kappa shape index (κ2) is 5.03. The van der Waals surface area contributed by atoms with Gasteiger partial charge in [0.1, 0.15) is 5.82 Å². The van der Waals surface area contributed by atoms with Gasteiger partial charge < -0.3 is 16.0 Å². The maximum Gasteiger partial charge on any atom is 0.317 e. The number of hydrogen-bond donors (Lipinski definition) is 2. The van der Waals surface area contributed by atoms with Crippen molar-refractivity contribution in [1.82, 2.24) is 10.2 Å². The van der Waals surface area contributed by atoms with Crippen molar-refractivity contribution in [1.29, 1.82) is 0 Å². The standard InChI is InChI=1S/C12H14FN3O2/c13-10-4-2-1-3-8(10)5-15-12(18)16-6-9(7-16)11(14)17/h1-4,9H,5-7H2,(H2,14,17)(H,15,18). The highest BCUT2D eigenvalue weighted by Gasteiger charge is 2.34. The van der Waals surface area contributed by atoms with Crippen LogP contribution in [0.1, 0.15) is 5.56 Å². The van der Waals surface area contributed by atoms with Crippen molar-refractivity contribution in [2.45, 2.75) is 6.54 Å². The van der Waals surface area contributed by atoms with Crippen LogP contribution < -0.4 is 11.1 Å². The van der Waals surface area contributed by atoms with E-state index in [1.807, 2.05) is 0 Å². The molecule has 96 valence electrons. The number of nitrogens with one attached hydrogen (secondary N) is 1. The Labute approximate surface area is 104 Å². The minimum atomic E-state index is -0.395. The molecule has 0 bridgehead atoms. The number of primary amides is 1. The fraction of sp³-hybridized carbons (Fsp3) is 0.333. The van der Waals surface area contributed by atoms with Crippen molar-refractivity contribution >= 4 is 11.9 Å². The van der Waals surface area contributed by atoms with Crippen LogP contribution in [0.2, 0.25) is 0 Å². The molecule has 1 aromatic rings. The van der Waals surface area contributed by atoms with Gasteiger partial charge in [0.25, 0.3) is 0 Å². The Bertz CT molecular complexity index is 472. The third-order valence-electron chi connectivity index (χ3n) is 2.96. The number of nitrogens with zero attached hydrogens (tertiary/aromatic N) is 1. The zero-order valence-electron chi connectivity index (χ0n) is 9.73. The van der Waals surface area contributed by atoms with Crippen LogP contribution >= 0.6 is 0 Å². The minimum Gasteiger partial charge on any atom is -0.369 e. The lowest BCUT2D eigenvalue weighted by Gasteiger charge is -2.37. The van der Waals surface area contributed by atoms with Gasteiger partial charge in [-0.25, -0.2) is 9.18 Å². The van der Waals surface area contributed by atoms with Crippen LogP contribution in [0.3, 0.4) is 0 Å². The minimum absolute atomic E-state index is 0.128. The number of carbonyl (C=O) groups is 2. The molecule has 1 aliphatic heterocycles. The molecule has 3 amide bonds. The van der Waals surface area contributed by atoms with Crippen LogP contribution in [0.25, 0.3) is 0 Å². The van der Waals surface area contributed by atoms with E-state index in [4.69, 9.17) is 5.73 Å². The first-order valence-corrected chi connectivity index (χ1v) is 5.63. The average Bonchev–Trinajstić information content (AvgIpc) is 2.25. The number of hydrogen-bond acceptors (Lipinski definition) is 2. The Kier molecular flexibility index (Phi) is 3.45. The summed E-state index contributed by atoms with van der Waals surface area (Å²) < 4.78 is 13.3. The van der Waals surface area contributed by atoms with E-state index >= 15 is 0 Å². The molecule has 0 saturated carbocycles. The first-order chi connectivity index (χ1) is 8.58. The summed E-state index contributed by atoms with van der Waals surface area (Å²) >= 11 is 0. The Hall–Kier alpha value is -2.11. The molecule has 0 atom stereocenters. The van der Waals surface area contributed by atoms with Crippen LogP contribution in [-0.4, -0.2) is 29.9 Å². The van der Waals surface area contributed by atoms with E-state index in [1.165, 1.54) is 11.0 Å². The van der Waals surface area contributed by atoms with Gasteiger partial charge in [-0.05, 0) is 6.07 Å². The fourth-order valence-corrected chi connectivity index (χ4v) is 1.75. The summed E-state index contributed by atoms with van der Waals surface area (Å²) in [5, 5.41) is 2.60.